The van der Waals surface area contributed by atoms with Crippen LogP contribution in [-0.2, 0) is 10.3 Å². The second kappa shape index (κ2) is 5.42. The number of nitrogens with one attached hydrogen (secondary N) is 1. The first-order valence-corrected chi connectivity index (χ1v) is 5.76. The molecule has 3 nitrogen and oxygen atoms in total. The zero-order valence-corrected chi connectivity index (χ0v) is 10.9. The summed E-state index contributed by atoms with van der Waals surface area (Å²) in [6, 6.07) is 4.21. The van der Waals surface area contributed by atoms with E-state index in [4.69, 9.17) is 0 Å². The van der Waals surface area contributed by atoms with Gasteiger partial charge in [0.1, 0.15) is 11.4 Å². The molecule has 17 heavy (non-hydrogen) atoms. The van der Waals surface area contributed by atoms with Crippen molar-refractivity contribution in [3.05, 3.63) is 46.7 Å². The maximum Gasteiger partial charge on any atom is 0.328 e. The van der Waals surface area contributed by atoms with Gasteiger partial charge in [-0.25, -0.2) is 9.18 Å². The molecule has 1 atom stereocenters. The molecule has 0 radical (unpaired) electrons. The minimum atomic E-state index is -1.48. The Labute approximate surface area is 107 Å². The molecule has 0 aliphatic carbocycles. The van der Waals surface area contributed by atoms with Crippen LogP contribution in [0, 0.1) is 5.82 Å². The average molecular weight is 302 g/mol. The van der Waals surface area contributed by atoms with Crippen molar-refractivity contribution in [2.45, 2.75) is 12.5 Å². The number of hydrogen-bond donors (Lipinski definition) is 2. The second-order valence-corrected chi connectivity index (χ2v) is 4.64. The van der Waals surface area contributed by atoms with Gasteiger partial charge in [-0.2, -0.15) is 0 Å². The van der Waals surface area contributed by atoms with Crippen LogP contribution in [0.3, 0.4) is 0 Å². The molecule has 0 aromatic heterocycles. The van der Waals surface area contributed by atoms with E-state index in [1.54, 1.807) is 0 Å². The van der Waals surface area contributed by atoms with E-state index in [2.05, 4.69) is 27.8 Å². The zero-order chi connectivity index (χ0) is 13.1. The van der Waals surface area contributed by atoms with Crippen molar-refractivity contribution in [2.24, 2.45) is 0 Å². The third-order valence-electron chi connectivity index (χ3n) is 2.49. The molecule has 0 fully saturated rings. The van der Waals surface area contributed by atoms with Gasteiger partial charge in [-0.05, 0) is 25.1 Å². The van der Waals surface area contributed by atoms with Crippen LogP contribution in [0.2, 0.25) is 0 Å². The summed E-state index contributed by atoms with van der Waals surface area (Å²) in [5.41, 5.74) is -1.40. The Morgan fingerprint density at radius 1 is 1.71 bits per heavy atom. The lowest BCUT2D eigenvalue weighted by Crippen LogP contribution is -2.47. The van der Waals surface area contributed by atoms with Crippen LogP contribution in [0.1, 0.15) is 12.5 Å². The average Bonchev–Trinajstić information content (AvgIpc) is 2.29. The Bertz CT molecular complexity index is 450. The SMILES string of the molecule is C=CCNC(C)(C(=O)O)c1cc(Br)ccc1F. The molecule has 0 heterocycles. The highest BCUT2D eigenvalue weighted by atomic mass is 79.9. The largest absolute Gasteiger partial charge is 0.480 e. The van der Waals surface area contributed by atoms with Crippen molar-refractivity contribution in [2.75, 3.05) is 6.54 Å². The van der Waals surface area contributed by atoms with Gasteiger partial charge < -0.3 is 5.11 Å². The monoisotopic (exact) mass is 301 g/mol. The summed E-state index contributed by atoms with van der Waals surface area (Å²) in [5, 5.41) is 12.0. The lowest BCUT2D eigenvalue weighted by atomic mass is 9.91. The summed E-state index contributed by atoms with van der Waals surface area (Å²) in [4.78, 5) is 11.3. The molecular formula is C12H13BrFNO2. The van der Waals surface area contributed by atoms with Crippen molar-refractivity contribution in [1.29, 1.82) is 0 Å². The molecule has 1 aromatic carbocycles. The van der Waals surface area contributed by atoms with Crippen LogP contribution in [0.5, 0.6) is 0 Å². The molecule has 1 unspecified atom stereocenters. The smallest absolute Gasteiger partial charge is 0.328 e. The van der Waals surface area contributed by atoms with Crippen molar-refractivity contribution >= 4 is 21.9 Å². The first kappa shape index (κ1) is 13.9. The van der Waals surface area contributed by atoms with Crippen molar-refractivity contribution in [1.82, 2.24) is 5.32 Å². The number of carboxylic acids is 1. The second-order valence-electron chi connectivity index (χ2n) is 3.72. The van der Waals surface area contributed by atoms with Gasteiger partial charge in [-0.1, -0.05) is 22.0 Å². The Morgan fingerprint density at radius 2 is 2.35 bits per heavy atom. The maximum absolute atomic E-state index is 13.7. The molecule has 0 saturated heterocycles. The predicted molar refractivity (Wildman–Crippen MR) is 67.3 cm³/mol. The number of rotatable bonds is 5. The maximum atomic E-state index is 13.7. The van der Waals surface area contributed by atoms with Gasteiger partial charge in [0.05, 0.1) is 0 Å². The Kier molecular flexibility index (Phi) is 4.42. The first-order valence-electron chi connectivity index (χ1n) is 4.96. The summed E-state index contributed by atoms with van der Waals surface area (Å²) in [5.74, 6) is -1.70. The lowest BCUT2D eigenvalue weighted by Gasteiger charge is -2.26. The van der Waals surface area contributed by atoms with E-state index in [0.29, 0.717) is 4.47 Å². The summed E-state index contributed by atoms with van der Waals surface area (Å²) in [7, 11) is 0. The Hall–Kier alpha value is -1.20. The minimum absolute atomic E-state index is 0.0845. The molecule has 0 saturated carbocycles. The summed E-state index contributed by atoms with van der Waals surface area (Å²) >= 11 is 3.20. The summed E-state index contributed by atoms with van der Waals surface area (Å²) in [6.07, 6.45) is 1.52. The van der Waals surface area contributed by atoms with Crippen molar-refractivity contribution < 1.29 is 14.3 Å². The minimum Gasteiger partial charge on any atom is -0.480 e. The molecule has 0 bridgehead atoms. The van der Waals surface area contributed by atoms with Crippen LogP contribution in [-0.4, -0.2) is 17.6 Å². The molecule has 0 amide bonds. The number of hydrogen-bond acceptors (Lipinski definition) is 2. The lowest BCUT2D eigenvalue weighted by molar-refractivity contribution is -0.144. The van der Waals surface area contributed by atoms with E-state index < -0.39 is 17.3 Å². The molecule has 0 spiro atoms. The fourth-order valence-electron chi connectivity index (χ4n) is 1.44. The van der Waals surface area contributed by atoms with Crippen molar-refractivity contribution in [3.63, 3.8) is 0 Å². The third kappa shape index (κ3) is 2.92. The fraction of sp³-hybridized carbons (Fsp3) is 0.250. The van der Waals surface area contributed by atoms with Crippen LogP contribution in [0.4, 0.5) is 4.39 Å². The molecular weight excluding hydrogens is 289 g/mol. The quantitative estimate of drug-likeness (QED) is 0.822. The van der Waals surface area contributed by atoms with Gasteiger partial charge in [-0.3, -0.25) is 5.32 Å². The van der Waals surface area contributed by atoms with E-state index in [1.807, 2.05) is 0 Å². The third-order valence-corrected chi connectivity index (χ3v) is 2.99. The molecule has 92 valence electrons. The number of halogens is 2. The summed E-state index contributed by atoms with van der Waals surface area (Å²) < 4.78 is 14.3. The molecule has 2 N–H and O–H groups in total. The molecule has 1 rings (SSSR count). The van der Waals surface area contributed by atoms with E-state index in [0.717, 1.165) is 0 Å². The standard InChI is InChI=1S/C12H13BrFNO2/c1-3-6-15-12(2,11(16)17)9-7-8(13)4-5-10(9)14/h3-5,7,15H,1,6H2,2H3,(H,16,17). The van der Waals surface area contributed by atoms with Crippen LogP contribution < -0.4 is 5.32 Å². The van der Waals surface area contributed by atoms with Gasteiger partial charge in [0.2, 0.25) is 0 Å². The Morgan fingerprint density at radius 3 is 2.88 bits per heavy atom. The molecule has 0 aliphatic rings. The molecule has 5 heteroatoms. The zero-order valence-electron chi connectivity index (χ0n) is 9.34. The number of carboxylic acid groups (broad SMARTS) is 1. The van der Waals surface area contributed by atoms with Crippen LogP contribution in [0.25, 0.3) is 0 Å². The summed E-state index contributed by atoms with van der Waals surface area (Å²) in [6.45, 7) is 5.19. The van der Waals surface area contributed by atoms with Gasteiger partial charge in [0, 0.05) is 16.6 Å². The van der Waals surface area contributed by atoms with Crippen LogP contribution >= 0.6 is 15.9 Å². The van der Waals surface area contributed by atoms with E-state index in [-0.39, 0.29) is 12.1 Å². The van der Waals surface area contributed by atoms with Gasteiger partial charge in [0.25, 0.3) is 0 Å². The number of carbonyl (C=O) groups is 1. The van der Waals surface area contributed by atoms with E-state index in [9.17, 15) is 14.3 Å². The van der Waals surface area contributed by atoms with Gasteiger partial charge >= 0.3 is 5.97 Å². The van der Waals surface area contributed by atoms with E-state index in [1.165, 1.54) is 31.2 Å². The Balaban J connectivity index is 3.26. The predicted octanol–water partition coefficient (Wildman–Crippen LogP) is 2.66. The van der Waals surface area contributed by atoms with E-state index >= 15 is 0 Å². The number of aliphatic carboxylic acids is 1. The normalized spacial score (nSPS) is 14.1. The topological polar surface area (TPSA) is 49.3 Å². The fourth-order valence-corrected chi connectivity index (χ4v) is 1.80. The number of benzene rings is 1. The van der Waals surface area contributed by atoms with Crippen LogP contribution in [0.15, 0.2) is 35.3 Å². The van der Waals surface area contributed by atoms with Crippen molar-refractivity contribution in [3.8, 4) is 0 Å². The molecule has 1 aromatic rings. The molecule has 0 aliphatic heterocycles. The van der Waals surface area contributed by atoms with Gasteiger partial charge in [-0.15, -0.1) is 6.58 Å². The highest BCUT2D eigenvalue weighted by molar-refractivity contribution is 9.10. The highest BCUT2D eigenvalue weighted by Crippen LogP contribution is 2.27. The highest BCUT2D eigenvalue weighted by Gasteiger charge is 2.36. The van der Waals surface area contributed by atoms with Gasteiger partial charge in [0.15, 0.2) is 0 Å². The first-order chi connectivity index (χ1) is 7.91.